The molecule has 120 valence electrons. The second-order valence-electron chi connectivity index (χ2n) is 4.65. The molecule has 0 bridgehead atoms. The quantitative estimate of drug-likeness (QED) is 0.454. The van der Waals surface area contributed by atoms with Gasteiger partial charge < -0.3 is 15.7 Å². The van der Waals surface area contributed by atoms with Crippen LogP contribution >= 0.6 is 23.4 Å². The summed E-state index contributed by atoms with van der Waals surface area (Å²) in [5.41, 5.74) is -0.534. The number of aliphatic carboxylic acids is 1. The summed E-state index contributed by atoms with van der Waals surface area (Å²) >= 11 is 6.67. The number of carbonyl (C=O) groups excluding carboxylic acids is 3. The molecule has 0 aromatic carbocycles. The van der Waals surface area contributed by atoms with E-state index in [0.29, 0.717) is 0 Å². The topological polar surface area (TPSA) is 116 Å². The van der Waals surface area contributed by atoms with Crippen molar-refractivity contribution in [3.05, 3.63) is 11.3 Å². The number of fused-ring (bicyclic) bond motifs is 1. The number of amides is 3. The summed E-state index contributed by atoms with van der Waals surface area (Å²) in [6.45, 7) is 1.42. The zero-order valence-corrected chi connectivity index (χ0v) is 13.2. The molecule has 8 nitrogen and oxygen atoms in total. The Morgan fingerprint density at radius 2 is 2.14 bits per heavy atom. The number of hydrogen-bond donors (Lipinski definition) is 3. The highest BCUT2D eigenvalue weighted by Crippen LogP contribution is 2.43. The highest BCUT2D eigenvalue weighted by Gasteiger charge is 2.50. The maximum absolute atomic E-state index is 12.3. The second-order valence-corrected chi connectivity index (χ2v) is 6.32. The van der Waals surface area contributed by atoms with Gasteiger partial charge >= 0.3 is 5.97 Å². The largest absolute Gasteiger partial charge is 0.477 e. The molecule has 1 fully saturated rings. The van der Waals surface area contributed by atoms with E-state index in [1.807, 2.05) is 0 Å². The van der Waals surface area contributed by atoms with Crippen molar-refractivity contribution in [3.8, 4) is 0 Å². The number of hydrogen-bond acceptors (Lipinski definition) is 5. The summed E-state index contributed by atoms with van der Waals surface area (Å²) in [5, 5.41) is 13.2. The lowest BCUT2D eigenvalue weighted by molar-refractivity contribution is -0.146. The van der Waals surface area contributed by atoms with Gasteiger partial charge in [0.05, 0.1) is 17.4 Å². The minimum atomic E-state index is -1.38. The van der Waals surface area contributed by atoms with Gasteiger partial charge in [-0.3, -0.25) is 19.3 Å². The summed E-state index contributed by atoms with van der Waals surface area (Å²) < 4.78 is 0. The van der Waals surface area contributed by atoms with Gasteiger partial charge in [0.1, 0.15) is 11.1 Å². The number of halogens is 1. The zero-order valence-electron chi connectivity index (χ0n) is 11.6. The van der Waals surface area contributed by atoms with Gasteiger partial charge in [0.2, 0.25) is 11.8 Å². The molecule has 2 aliphatic heterocycles. The molecule has 0 saturated carbocycles. The molecule has 2 rings (SSSR count). The Bertz CT molecular complexity index is 579. The van der Waals surface area contributed by atoms with E-state index in [2.05, 4.69) is 10.6 Å². The third kappa shape index (κ3) is 3.05. The first-order valence-corrected chi connectivity index (χ1v) is 7.90. The molecule has 0 aromatic rings. The Balaban J connectivity index is 2.44. The van der Waals surface area contributed by atoms with Crippen LogP contribution in [0.1, 0.15) is 13.3 Å². The lowest BCUT2D eigenvalue weighted by atomic mass is 10.1. The van der Waals surface area contributed by atoms with Crippen LogP contribution in [-0.4, -0.2) is 56.9 Å². The van der Waals surface area contributed by atoms with Crippen LogP contribution in [0.2, 0.25) is 0 Å². The molecule has 2 heterocycles. The van der Waals surface area contributed by atoms with Crippen molar-refractivity contribution >= 4 is 47.1 Å². The molecule has 10 heteroatoms. The van der Waals surface area contributed by atoms with E-state index in [0.717, 1.165) is 16.7 Å². The number of carbonyl (C=O) groups is 4. The molecule has 0 radical (unpaired) electrons. The van der Waals surface area contributed by atoms with Crippen LogP contribution in [0.5, 0.6) is 0 Å². The van der Waals surface area contributed by atoms with E-state index in [-0.39, 0.29) is 41.4 Å². The van der Waals surface area contributed by atoms with Crippen molar-refractivity contribution in [1.29, 1.82) is 0 Å². The Labute approximate surface area is 135 Å². The molecule has 22 heavy (non-hydrogen) atoms. The molecule has 3 N–H and O–H groups in total. The number of alkyl halides is 1. The minimum Gasteiger partial charge on any atom is -0.477 e. The summed E-state index contributed by atoms with van der Waals surface area (Å²) in [7, 11) is 0. The molecule has 1 unspecified atom stereocenters. The average molecular weight is 348 g/mol. The fraction of sp³-hybridized carbons (Fsp3) is 0.500. The molecular weight excluding hydrogens is 334 g/mol. The first kappa shape index (κ1) is 16.6. The van der Waals surface area contributed by atoms with Gasteiger partial charge in [-0.15, -0.1) is 23.4 Å². The zero-order chi connectivity index (χ0) is 16.4. The second kappa shape index (κ2) is 6.57. The number of nitrogens with one attached hydrogen (secondary N) is 2. The van der Waals surface area contributed by atoms with Gasteiger partial charge in [-0.25, -0.2) is 4.79 Å². The lowest BCUT2D eigenvalue weighted by Gasteiger charge is -2.46. The van der Waals surface area contributed by atoms with Crippen LogP contribution in [0, 0.1) is 0 Å². The molecular formula is C12H14ClN3O5S. The first-order chi connectivity index (χ1) is 10.4. The van der Waals surface area contributed by atoms with E-state index < -0.39 is 23.2 Å². The standard InChI is InChI=1S/C12H14ClN3O5S/c1-5(17)15-11-8(10(19)14-3-2-13)9(12(20)21)16-6(18)4-7(16)22-11/h7,11H,2-4H2,1H3,(H,14,19)(H,15,17)(H,20,21)/t7-,11?/m0/s1. The number of β-lactam (4-membered cyclic amide) rings is 1. The number of rotatable bonds is 5. The van der Waals surface area contributed by atoms with Crippen LogP contribution < -0.4 is 10.6 Å². The predicted octanol–water partition coefficient (Wildman–Crippen LogP) is -0.552. The van der Waals surface area contributed by atoms with E-state index in [1.165, 1.54) is 6.92 Å². The van der Waals surface area contributed by atoms with E-state index >= 15 is 0 Å². The molecule has 2 aliphatic rings. The average Bonchev–Trinajstić information content (AvgIpc) is 2.42. The maximum Gasteiger partial charge on any atom is 0.353 e. The SMILES string of the molecule is CC(=O)NC1S[C@H]2CC(=O)N2C(C(=O)O)=C1C(=O)NCCCl. The smallest absolute Gasteiger partial charge is 0.353 e. The molecule has 2 atom stereocenters. The minimum absolute atomic E-state index is 0.144. The van der Waals surface area contributed by atoms with Gasteiger partial charge in [0.15, 0.2) is 0 Å². The molecule has 0 aliphatic carbocycles. The Morgan fingerprint density at radius 1 is 1.45 bits per heavy atom. The summed E-state index contributed by atoms with van der Waals surface area (Å²) in [6.07, 6.45) is 0.175. The van der Waals surface area contributed by atoms with Crippen molar-refractivity contribution in [2.75, 3.05) is 12.4 Å². The van der Waals surface area contributed by atoms with Gasteiger partial charge in [0, 0.05) is 19.3 Å². The van der Waals surface area contributed by atoms with Crippen LogP contribution in [0.15, 0.2) is 11.3 Å². The molecule has 0 spiro atoms. The van der Waals surface area contributed by atoms with Crippen molar-refractivity contribution < 1.29 is 24.3 Å². The Kier molecular flexibility index (Phi) is 4.97. The van der Waals surface area contributed by atoms with E-state index in [9.17, 15) is 24.3 Å². The summed E-state index contributed by atoms with van der Waals surface area (Å²) in [6, 6.07) is 0. The Hall–Kier alpha value is -1.74. The number of nitrogens with zero attached hydrogens (tertiary/aromatic N) is 1. The summed E-state index contributed by atoms with van der Waals surface area (Å²) in [4.78, 5) is 47.8. The number of carboxylic acids is 1. The lowest BCUT2D eigenvalue weighted by Crippen LogP contribution is -2.58. The van der Waals surface area contributed by atoms with Gasteiger partial charge in [-0.05, 0) is 0 Å². The first-order valence-electron chi connectivity index (χ1n) is 6.43. The number of carboxylic acid groups (broad SMARTS) is 1. The van der Waals surface area contributed by atoms with Crippen molar-refractivity contribution in [2.45, 2.75) is 24.1 Å². The van der Waals surface area contributed by atoms with Gasteiger partial charge in [-0.1, -0.05) is 0 Å². The highest BCUT2D eigenvalue weighted by molar-refractivity contribution is 8.00. The molecule has 0 aromatic heterocycles. The normalized spacial score (nSPS) is 23.5. The third-order valence-electron chi connectivity index (χ3n) is 3.12. The van der Waals surface area contributed by atoms with Crippen LogP contribution in [0.25, 0.3) is 0 Å². The highest BCUT2D eigenvalue weighted by atomic mass is 35.5. The van der Waals surface area contributed by atoms with E-state index in [4.69, 9.17) is 11.6 Å². The third-order valence-corrected chi connectivity index (χ3v) is 4.63. The van der Waals surface area contributed by atoms with Crippen molar-refractivity contribution in [2.24, 2.45) is 0 Å². The van der Waals surface area contributed by atoms with Crippen molar-refractivity contribution in [1.82, 2.24) is 15.5 Å². The number of thioether (sulfide) groups is 1. The van der Waals surface area contributed by atoms with Crippen LogP contribution in [0.4, 0.5) is 0 Å². The fourth-order valence-electron chi connectivity index (χ4n) is 2.24. The molecule has 3 amide bonds. The monoisotopic (exact) mass is 347 g/mol. The fourth-order valence-corrected chi connectivity index (χ4v) is 3.82. The Morgan fingerprint density at radius 3 is 2.64 bits per heavy atom. The molecule has 1 saturated heterocycles. The predicted molar refractivity (Wildman–Crippen MR) is 78.8 cm³/mol. The van der Waals surface area contributed by atoms with E-state index in [1.54, 1.807) is 0 Å². The van der Waals surface area contributed by atoms with Crippen LogP contribution in [-0.2, 0) is 19.2 Å². The van der Waals surface area contributed by atoms with Gasteiger partial charge in [0.25, 0.3) is 5.91 Å². The van der Waals surface area contributed by atoms with Gasteiger partial charge in [-0.2, -0.15) is 0 Å². The maximum atomic E-state index is 12.3. The van der Waals surface area contributed by atoms with Crippen molar-refractivity contribution in [3.63, 3.8) is 0 Å². The van der Waals surface area contributed by atoms with Crippen LogP contribution in [0.3, 0.4) is 0 Å². The summed E-state index contributed by atoms with van der Waals surface area (Å²) in [5.74, 6) is -2.65.